The molecule has 2 atom stereocenters. The molecule has 0 aliphatic carbocycles. The lowest BCUT2D eigenvalue weighted by atomic mass is 10.0. The second-order valence-electron chi connectivity index (χ2n) is 18.6. The largest absolute Gasteiger partial charge is 0.394 e. The zero-order chi connectivity index (χ0) is 47.0. The molecular weight excluding hydrogens is 795 g/mol. The van der Waals surface area contributed by atoms with Crippen LogP contribution in [0.5, 0.6) is 0 Å². The van der Waals surface area contributed by atoms with Gasteiger partial charge in [0.05, 0.1) is 18.8 Å². The summed E-state index contributed by atoms with van der Waals surface area (Å²) in [6.45, 7) is 4.19. The first-order chi connectivity index (χ1) is 32.2. The van der Waals surface area contributed by atoms with Crippen molar-refractivity contribution in [3.8, 4) is 0 Å². The van der Waals surface area contributed by atoms with Crippen LogP contribution in [0.25, 0.3) is 0 Å². The highest BCUT2D eigenvalue weighted by molar-refractivity contribution is 5.76. The normalized spacial score (nSPS) is 13.6. The van der Waals surface area contributed by atoms with Crippen molar-refractivity contribution in [2.45, 2.75) is 276 Å². The van der Waals surface area contributed by atoms with Crippen molar-refractivity contribution in [2.75, 3.05) is 6.61 Å². The van der Waals surface area contributed by atoms with Crippen molar-refractivity contribution in [3.63, 3.8) is 0 Å². The number of allylic oxidation sites excluding steroid dienone is 15. The van der Waals surface area contributed by atoms with Crippen molar-refractivity contribution < 1.29 is 15.0 Å². The van der Waals surface area contributed by atoms with Gasteiger partial charge in [-0.15, -0.1) is 0 Å². The van der Waals surface area contributed by atoms with Crippen LogP contribution in [0.1, 0.15) is 264 Å². The molecule has 0 rings (SSSR count). The first-order valence-corrected chi connectivity index (χ1v) is 28.0. The van der Waals surface area contributed by atoms with Crippen molar-refractivity contribution in [3.05, 3.63) is 97.2 Å². The number of hydrogen-bond donors (Lipinski definition) is 3. The molecule has 0 aliphatic heterocycles. The van der Waals surface area contributed by atoms with Crippen LogP contribution in [0, 0.1) is 0 Å². The van der Waals surface area contributed by atoms with Crippen LogP contribution in [0.3, 0.4) is 0 Å². The molecule has 0 aliphatic rings. The Morgan fingerprint density at radius 1 is 0.385 bits per heavy atom. The summed E-state index contributed by atoms with van der Waals surface area (Å²) < 4.78 is 0. The topological polar surface area (TPSA) is 69.6 Å². The first-order valence-electron chi connectivity index (χ1n) is 28.0. The Hall–Kier alpha value is -2.69. The summed E-state index contributed by atoms with van der Waals surface area (Å²) in [5.41, 5.74) is 0. The van der Waals surface area contributed by atoms with Gasteiger partial charge in [-0.25, -0.2) is 0 Å². The number of aliphatic hydroxyl groups excluding tert-OH is 2. The van der Waals surface area contributed by atoms with E-state index in [0.29, 0.717) is 6.42 Å². The van der Waals surface area contributed by atoms with Gasteiger partial charge in [-0.1, -0.05) is 272 Å². The molecule has 3 N–H and O–H groups in total. The van der Waals surface area contributed by atoms with Crippen molar-refractivity contribution >= 4 is 5.91 Å². The molecule has 0 aromatic rings. The van der Waals surface area contributed by atoms with Crippen LogP contribution in [0.2, 0.25) is 0 Å². The van der Waals surface area contributed by atoms with Crippen molar-refractivity contribution in [1.82, 2.24) is 5.32 Å². The third-order valence-corrected chi connectivity index (χ3v) is 12.3. The molecular formula is C61H107NO3. The monoisotopic (exact) mass is 902 g/mol. The number of nitrogens with one attached hydrogen (secondary N) is 1. The second kappa shape index (κ2) is 55.6. The van der Waals surface area contributed by atoms with Gasteiger partial charge in [0.25, 0.3) is 0 Å². The lowest BCUT2D eigenvalue weighted by Crippen LogP contribution is -2.45. The fourth-order valence-electron chi connectivity index (χ4n) is 8.08. The molecule has 0 spiro atoms. The molecule has 0 saturated heterocycles. The van der Waals surface area contributed by atoms with E-state index in [1.54, 1.807) is 6.08 Å². The summed E-state index contributed by atoms with van der Waals surface area (Å²) in [4.78, 5) is 12.5. The van der Waals surface area contributed by atoms with Crippen LogP contribution < -0.4 is 5.32 Å². The fraction of sp³-hybridized carbons (Fsp3) is 0.721. The van der Waals surface area contributed by atoms with Crippen LogP contribution in [0.4, 0.5) is 0 Å². The molecule has 65 heavy (non-hydrogen) atoms. The van der Waals surface area contributed by atoms with Gasteiger partial charge in [0.2, 0.25) is 5.91 Å². The van der Waals surface area contributed by atoms with Gasteiger partial charge in [-0.2, -0.15) is 0 Å². The maximum Gasteiger partial charge on any atom is 0.220 e. The molecule has 0 heterocycles. The number of amides is 1. The van der Waals surface area contributed by atoms with Gasteiger partial charge in [0.1, 0.15) is 0 Å². The maximum absolute atomic E-state index is 12.5. The minimum Gasteiger partial charge on any atom is -0.394 e. The Morgan fingerprint density at radius 3 is 1.08 bits per heavy atom. The van der Waals surface area contributed by atoms with Gasteiger partial charge in [-0.3, -0.25) is 4.79 Å². The van der Waals surface area contributed by atoms with E-state index in [4.69, 9.17) is 0 Å². The third kappa shape index (κ3) is 52.1. The van der Waals surface area contributed by atoms with Crippen molar-refractivity contribution in [1.29, 1.82) is 0 Å². The maximum atomic E-state index is 12.5. The summed E-state index contributed by atoms with van der Waals surface area (Å²) in [5, 5.41) is 23.1. The highest BCUT2D eigenvalue weighted by atomic mass is 16.3. The summed E-state index contributed by atoms with van der Waals surface area (Å²) in [5.74, 6) is -0.0761. The molecule has 0 aromatic carbocycles. The van der Waals surface area contributed by atoms with E-state index in [1.165, 1.54) is 173 Å². The predicted octanol–water partition coefficient (Wildman–Crippen LogP) is 18.5. The lowest BCUT2D eigenvalue weighted by Gasteiger charge is -2.19. The van der Waals surface area contributed by atoms with E-state index >= 15 is 0 Å². The van der Waals surface area contributed by atoms with Gasteiger partial charge in [0.15, 0.2) is 0 Å². The van der Waals surface area contributed by atoms with E-state index in [2.05, 4.69) is 104 Å². The minimum absolute atomic E-state index is 0.0761. The van der Waals surface area contributed by atoms with Gasteiger partial charge >= 0.3 is 0 Å². The number of carbonyl (C=O) groups excluding carboxylic acids is 1. The van der Waals surface area contributed by atoms with E-state index < -0.39 is 12.1 Å². The Bertz CT molecular complexity index is 1210. The Kier molecular flexibility index (Phi) is 53.3. The molecule has 4 heteroatoms. The molecule has 1 amide bonds. The van der Waals surface area contributed by atoms with Gasteiger partial charge < -0.3 is 15.5 Å². The highest BCUT2D eigenvalue weighted by Gasteiger charge is 2.17. The molecule has 0 aromatic heterocycles. The first kappa shape index (κ1) is 62.3. The molecule has 0 fully saturated rings. The third-order valence-electron chi connectivity index (χ3n) is 12.3. The Labute approximate surface area is 404 Å². The summed E-state index contributed by atoms with van der Waals surface area (Å²) in [7, 11) is 0. The number of unbranched alkanes of at least 4 members (excludes halogenated alkanes) is 29. The second-order valence-corrected chi connectivity index (χ2v) is 18.6. The van der Waals surface area contributed by atoms with E-state index in [-0.39, 0.29) is 12.5 Å². The quantitative estimate of drug-likeness (QED) is 0.0421. The molecule has 0 radical (unpaired) electrons. The zero-order valence-corrected chi connectivity index (χ0v) is 43.0. The SMILES string of the molecule is CC/C=C\C/C=C\C/C=C\C/C=C\C/C=C\C/C=C\CCCCCCCCCCCCCCCCC(=O)NC(CO)C(O)/C=C/CC/C=C/CCCCCCCCCCCCCCCC. The molecule has 0 bridgehead atoms. The number of aliphatic hydroxyl groups is 2. The zero-order valence-electron chi connectivity index (χ0n) is 43.0. The molecule has 2 unspecified atom stereocenters. The Morgan fingerprint density at radius 2 is 0.692 bits per heavy atom. The number of rotatable bonds is 50. The fourth-order valence-corrected chi connectivity index (χ4v) is 8.08. The van der Waals surface area contributed by atoms with Gasteiger partial charge in [-0.05, 0) is 83.5 Å². The van der Waals surface area contributed by atoms with E-state index in [9.17, 15) is 15.0 Å². The van der Waals surface area contributed by atoms with Crippen LogP contribution in [0.15, 0.2) is 97.2 Å². The average molecular weight is 903 g/mol. The van der Waals surface area contributed by atoms with E-state index in [1.807, 2.05) is 6.08 Å². The number of hydrogen-bond acceptors (Lipinski definition) is 3. The van der Waals surface area contributed by atoms with Gasteiger partial charge in [0, 0.05) is 6.42 Å². The summed E-state index contributed by atoms with van der Waals surface area (Å²) in [6, 6.07) is -0.645. The molecule has 374 valence electrons. The van der Waals surface area contributed by atoms with Crippen LogP contribution >= 0.6 is 0 Å². The van der Waals surface area contributed by atoms with E-state index in [0.717, 1.165) is 70.6 Å². The Balaban J connectivity index is 3.56. The number of carbonyl (C=O) groups is 1. The predicted molar refractivity (Wildman–Crippen MR) is 290 cm³/mol. The smallest absolute Gasteiger partial charge is 0.220 e. The average Bonchev–Trinajstić information content (AvgIpc) is 3.31. The molecule has 4 nitrogen and oxygen atoms in total. The van der Waals surface area contributed by atoms with Crippen LogP contribution in [-0.4, -0.2) is 34.9 Å². The lowest BCUT2D eigenvalue weighted by molar-refractivity contribution is -0.123. The standard InChI is InChI=1S/C61H107NO3/c1-3-5-7-9-11-13-15-17-19-21-23-25-26-27-28-29-30-31-32-33-34-35-36-37-39-41-43-45-47-49-51-53-55-57-61(65)62-59(58-63)60(64)56-54-52-50-48-46-44-42-40-38-24-22-20-18-16-14-12-10-8-6-4-2/h5,7,11,13,17,19,23,25,27-28,30-31,46,48,54,56,59-60,63-64H,3-4,6,8-10,12,14-16,18,20-22,24,26,29,32-45,47,49-53,55,57-58H2,1-2H3,(H,62,65)/b7-5-,13-11-,19-17-,25-23-,28-27-,31-30-,48-46+,56-54+. The summed E-state index contributed by atoms with van der Waals surface area (Å²) in [6.07, 6.45) is 82.8. The molecule has 0 saturated carbocycles. The van der Waals surface area contributed by atoms with Crippen LogP contribution in [-0.2, 0) is 4.79 Å². The van der Waals surface area contributed by atoms with Crippen molar-refractivity contribution in [2.24, 2.45) is 0 Å². The highest BCUT2D eigenvalue weighted by Crippen LogP contribution is 2.16. The summed E-state index contributed by atoms with van der Waals surface area (Å²) >= 11 is 0. The minimum atomic E-state index is -0.868.